The SMILES string of the molecule is Cc1cccc(NC(=O)c2cc(NCCCN(C)C)ccn2)c1. The molecule has 5 heteroatoms. The molecule has 0 aliphatic carbocycles. The standard InChI is InChI=1S/C18H24N4O/c1-14-6-4-7-16(12-14)21-18(23)17-13-15(8-10-20-17)19-9-5-11-22(2)3/h4,6-8,10,12-13H,5,9,11H2,1-3H3,(H,19,20)(H,21,23). The van der Waals surface area contributed by atoms with E-state index in [0.717, 1.165) is 36.4 Å². The highest BCUT2D eigenvalue weighted by Gasteiger charge is 2.08. The highest BCUT2D eigenvalue weighted by Crippen LogP contribution is 2.13. The van der Waals surface area contributed by atoms with Crippen molar-refractivity contribution in [3.8, 4) is 0 Å². The summed E-state index contributed by atoms with van der Waals surface area (Å²) in [5, 5.41) is 6.19. The van der Waals surface area contributed by atoms with Gasteiger partial charge in [-0.25, -0.2) is 0 Å². The normalized spacial score (nSPS) is 10.6. The lowest BCUT2D eigenvalue weighted by Gasteiger charge is -2.11. The van der Waals surface area contributed by atoms with Gasteiger partial charge >= 0.3 is 0 Å². The molecule has 122 valence electrons. The van der Waals surface area contributed by atoms with E-state index in [9.17, 15) is 4.79 Å². The Hall–Kier alpha value is -2.40. The third-order valence-corrected chi connectivity index (χ3v) is 3.38. The molecule has 0 saturated carbocycles. The number of nitrogens with one attached hydrogen (secondary N) is 2. The summed E-state index contributed by atoms with van der Waals surface area (Å²) in [6.45, 7) is 3.88. The second-order valence-corrected chi connectivity index (χ2v) is 5.84. The van der Waals surface area contributed by atoms with Crippen LogP contribution in [0.25, 0.3) is 0 Å². The van der Waals surface area contributed by atoms with E-state index in [1.54, 1.807) is 12.3 Å². The number of nitrogens with zero attached hydrogens (tertiary/aromatic N) is 2. The molecular weight excluding hydrogens is 288 g/mol. The predicted molar refractivity (Wildman–Crippen MR) is 95.0 cm³/mol. The molecule has 2 rings (SSSR count). The number of benzene rings is 1. The van der Waals surface area contributed by atoms with Gasteiger partial charge in [-0.05, 0) is 63.8 Å². The number of pyridine rings is 1. The molecule has 23 heavy (non-hydrogen) atoms. The van der Waals surface area contributed by atoms with Crippen LogP contribution in [0.3, 0.4) is 0 Å². The fourth-order valence-corrected chi connectivity index (χ4v) is 2.21. The van der Waals surface area contributed by atoms with Crippen molar-refractivity contribution in [1.29, 1.82) is 0 Å². The summed E-state index contributed by atoms with van der Waals surface area (Å²) in [7, 11) is 4.11. The van der Waals surface area contributed by atoms with Crippen molar-refractivity contribution < 1.29 is 4.79 Å². The van der Waals surface area contributed by atoms with Crippen LogP contribution < -0.4 is 10.6 Å². The summed E-state index contributed by atoms with van der Waals surface area (Å²) < 4.78 is 0. The van der Waals surface area contributed by atoms with Crippen LogP contribution in [0.5, 0.6) is 0 Å². The van der Waals surface area contributed by atoms with Crippen molar-refractivity contribution in [2.45, 2.75) is 13.3 Å². The third-order valence-electron chi connectivity index (χ3n) is 3.38. The van der Waals surface area contributed by atoms with Crippen LogP contribution in [-0.4, -0.2) is 43.0 Å². The average molecular weight is 312 g/mol. The molecule has 0 aliphatic rings. The molecule has 0 saturated heterocycles. The number of carbonyl (C=O) groups excluding carboxylic acids is 1. The zero-order valence-electron chi connectivity index (χ0n) is 14.0. The molecule has 1 amide bonds. The zero-order valence-corrected chi connectivity index (χ0v) is 14.0. The van der Waals surface area contributed by atoms with Gasteiger partial charge in [0.2, 0.25) is 0 Å². The van der Waals surface area contributed by atoms with Crippen LogP contribution in [0.2, 0.25) is 0 Å². The lowest BCUT2D eigenvalue weighted by atomic mass is 10.2. The topological polar surface area (TPSA) is 57.3 Å². The molecule has 0 spiro atoms. The maximum atomic E-state index is 12.3. The summed E-state index contributed by atoms with van der Waals surface area (Å²) in [5.41, 5.74) is 3.20. The first kappa shape index (κ1) is 17.0. The lowest BCUT2D eigenvalue weighted by Crippen LogP contribution is -2.17. The Morgan fingerprint density at radius 3 is 2.74 bits per heavy atom. The van der Waals surface area contributed by atoms with E-state index in [1.165, 1.54) is 0 Å². The Balaban J connectivity index is 1.94. The van der Waals surface area contributed by atoms with E-state index in [-0.39, 0.29) is 5.91 Å². The van der Waals surface area contributed by atoms with Crippen LogP contribution in [0, 0.1) is 6.92 Å². The Morgan fingerprint density at radius 2 is 2.00 bits per heavy atom. The van der Waals surface area contributed by atoms with Gasteiger partial charge in [-0.1, -0.05) is 12.1 Å². The van der Waals surface area contributed by atoms with Crippen LogP contribution in [0.4, 0.5) is 11.4 Å². The number of aromatic nitrogens is 1. The van der Waals surface area contributed by atoms with Crippen molar-refractivity contribution in [3.05, 3.63) is 53.9 Å². The van der Waals surface area contributed by atoms with Gasteiger partial charge < -0.3 is 15.5 Å². The van der Waals surface area contributed by atoms with Crippen molar-refractivity contribution >= 4 is 17.3 Å². The summed E-state index contributed by atoms with van der Waals surface area (Å²) in [5.74, 6) is -0.201. The Morgan fingerprint density at radius 1 is 1.17 bits per heavy atom. The maximum Gasteiger partial charge on any atom is 0.274 e. The molecule has 1 heterocycles. The van der Waals surface area contributed by atoms with Gasteiger partial charge in [0.1, 0.15) is 5.69 Å². The van der Waals surface area contributed by atoms with E-state index < -0.39 is 0 Å². The quantitative estimate of drug-likeness (QED) is 0.772. The first-order chi connectivity index (χ1) is 11.0. The predicted octanol–water partition coefficient (Wildman–Crippen LogP) is 3.01. The number of amides is 1. The monoisotopic (exact) mass is 312 g/mol. The number of anilines is 2. The van der Waals surface area contributed by atoms with Gasteiger partial charge in [0, 0.05) is 24.1 Å². The minimum Gasteiger partial charge on any atom is -0.385 e. The number of hydrogen-bond donors (Lipinski definition) is 2. The molecule has 1 aromatic heterocycles. The molecule has 0 unspecified atom stereocenters. The van der Waals surface area contributed by atoms with Gasteiger partial charge in [0.05, 0.1) is 0 Å². The van der Waals surface area contributed by atoms with Crippen molar-refractivity contribution in [2.75, 3.05) is 37.8 Å². The fraction of sp³-hybridized carbons (Fsp3) is 0.333. The van der Waals surface area contributed by atoms with Crippen molar-refractivity contribution in [2.24, 2.45) is 0 Å². The molecule has 1 aromatic carbocycles. The van der Waals surface area contributed by atoms with Gasteiger partial charge in [-0.15, -0.1) is 0 Å². The minimum atomic E-state index is -0.201. The van der Waals surface area contributed by atoms with Crippen LogP contribution in [-0.2, 0) is 0 Å². The number of rotatable bonds is 7. The van der Waals surface area contributed by atoms with Gasteiger partial charge in [-0.2, -0.15) is 0 Å². The second kappa shape index (κ2) is 8.29. The van der Waals surface area contributed by atoms with Crippen LogP contribution >= 0.6 is 0 Å². The first-order valence-corrected chi connectivity index (χ1v) is 7.77. The molecule has 0 aliphatic heterocycles. The summed E-state index contributed by atoms with van der Waals surface area (Å²) >= 11 is 0. The zero-order chi connectivity index (χ0) is 16.7. The largest absolute Gasteiger partial charge is 0.385 e. The maximum absolute atomic E-state index is 12.3. The smallest absolute Gasteiger partial charge is 0.274 e. The van der Waals surface area contributed by atoms with Crippen LogP contribution in [0.1, 0.15) is 22.5 Å². The van der Waals surface area contributed by atoms with Crippen molar-refractivity contribution in [1.82, 2.24) is 9.88 Å². The molecule has 0 radical (unpaired) electrons. The average Bonchev–Trinajstić information content (AvgIpc) is 2.52. The first-order valence-electron chi connectivity index (χ1n) is 7.77. The third kappa shape index (κ3) is 5.71. The number of aryl methyl sites for hydroxylation is 1. The molecular formula is C18H24N4O. The van der Waals surface area contributed by atoms with E-state index in [1.807, 2.05) is 37.3 Å². The molecule has 5 nitrogen and oxygen atoms in total. The van der Waals surface area contributed by atoms with Crippen LogP contribution in [0.15, 0.2) is 42.6 Å². The fourth-order valence-electron chi connectivity index (χ4n) is 2.21. The van der Waals surface area contributed by atoms with E-state index in [0.29, 0.717) is 5.69 Å². The Kier molecular flexibility index (Phi) is 6.11. The van der Waals surface area contributed by atoms with E-state index in [4.69, 9.17) is 0 Å². The molecule has 2 N–H and O–H groups in total. The highest BCUT2D eigenvalue weighted by atomic mass is 16.1. The molecule has 2 aromatic rings. The van der Waals surface area contributed by atoms with Gasteiger partial charge in [-0.3, -0.25) is 9.78 Å². The minimum absolute atomic E-state index is 0.201. The van der Waals surface area contributed by atoms with Crippen molar-refractivity contribution in [3.63, 3.8) is 0 Å². The van der Waals surface area contributed by atoms with Gasteiger partial charge in [0.25, 0.3) is 5.91 Å². The summed E-state index contributed by atoms with van der Waals surface area (Å²) in [6.07, 6.45) is 2.69. The summed E-state index contributed by atoms with van der Waals surface area (Å²) in [4.78, 5) is 18.6. The van der Waals surface area contributed by atoms with E-state index in [2.05, 4.69) is 34.6 Å². The number of carbonyl (C=O) groups is 1. The lowest BCUT2D eigenvalue weighted by molar-refractivity contribution is 0.102. The van der Waals surface area contributed by atoms with E-state index >= 15 is 0 Å². The molecule has 0 atom stereocenters. The second-order valence-electron chi connectivity index (χ2n) is 5.84. The molecule has 0 fully saturated rings. The van der Waals surface area contributed by atoms with Gasteiger partial charge in [0.15, 0.2) is 0 Å². The Bertz CT molecular complexity index is 655. The molecule has 0 bridgehead atoms. The highest BCUT2D eigenvalue weighted by molar-refractivity contribution is 6.03. The summed E-state index contributed by atoms with van der Waals surface area (Å²) in [6, 6.07) is 11.4. The Labute approximate surface area is 137 Å². The number of hydrogen-bond acceptors (Lipinski definition) is 4.